The molecule has 7 heteroatoms. The number of nitrogens with zero attached hydrogens (tertiary/aromatic N) is 3. The molecular formula is C26H38N4O3. The lowest BCUT2D eigenvalue weighted by atomic mass is 9.97. The van der Waals surface area contributed by atoms with E-state index >= 15 is 0 Å². The monoisotopic (exact) mass is 454 g/mol. The van der Waals surface area contributed by atoms with Crippen LogP contribution in [0.3, 0.4) is 0 Å². The largest absolute Gasteiger partial charge is 0.490 e. The minimum atomic E-state index is -0.642. The molecule has 0 radical (unpaired) electrons. The van der Waals surface area contributed by atoms with Crippen molar-refractivity contribution in [2.45, 2.75) is 70.5 Å². The number of aromatic nitrogens is 2. The molecular weight excluding hydrogens is 416 g/mol. The van der Waals surface area contributed by atoms with Crippen LogP contribution in [0.15, 0.2) is 30.3 Å². The molecule has 1 aromatic carbocycles. The fourth-order valence-electron chi connectivity index (χ4n) is 4.18. The molecule has 0 saturated heterocycles. The lowest BCUT2D eigenvalue weighted by molar-refractivity contribution is 0.0886. The van der Waals surface area contributed by atoms with E-state index in [1.54, 1.807) is 0 Å². The minimum absolute atomic E-state index is 0.165. The molecule has 3 rings (SSSR count). The zero-order valence-electron chi connectivity index (χ0n) is 20.2. The highest BCUT2D eigenvalue weighted by molar-refractivity contribution is 5.93. The van der Waals surface area contributed by atoms with Crippen LogP contribution in [0, 0.1) is 0 Å². The molecule has 1 amide bonds. The molecule has 33 heavy (non-hydrogen) atoms. The maximum Gasteiger partial charge on any atom is 0.271 e. The number of carbonyl (C=O) groups is 1. The first-order chi connectivity index (χ1) is 16.0. The van der Waals surface area contributed by atoms with Crippen LogP contribution in [-0.4, -0.2) is 65.5 Å². The van der Waals surface area contributed by atoms with Gasteiger partial charge in [-0.3, -0.25) is 4.79 Å². The second-order valence-electron chi connectivity index (χ2n) is 9.22. The average Bonchev–Trinajstić information content (AvgIpc) is 2.82. The molecule has 0 aliphatic heterocycles. The van der Waals surface area contributed by atoms with Gasteiger partial charge in [-0.1, -0.05) is 31.9 Å². The van der Waals surface area contributed by atoms with Crippen LogP contribution in [0.25, 0.3) is 11.1 Å². The Morgan fingerprint density at radius 2 is 1.91 bits per heavy atom. The van der Waals surface area contributed by atoms with E-state index in [-0.39, 0.29) is 18.1 Å². The zero-order chi connectivity index (χ0) is 23.6. The van der Waals surface area contributed by atoms with Crippen molar-refractivity contribution < 1.29 is 14.6 Å². The van der Waals surface area contributed by atoms with Gasteiger partial charge in [0.25, 0.3) is 5.91 Å². The van der Waals surface area contributed by atoms with Crippen LogP contribution in [0.5, 0.6) is 5.75 Å². The molecule has 7 nitrogen and oxygen atoms in total. The quantitative estimate of drug-likeness (QED) is 0.536. The van der Waals surface area contributed by atoms with Gasteiger partial charge in [0.05, 0.1) is 17.9 Å². The van der Waals surface area contributed by atoms with E-state index in [0.29, 0.717) is 12.6 Å². The smallest absolute Gasteiger partial charge is 0.271 e. The van der Waals surface area contributed by atoms with Gasteiger partial charge in [0.1, 0.15) is 5.75 Å². The van der Waals surface area contributed by atoms with Crippen molar-refractivity contribution in [2.24, 2.45) is 0 Å². The predicted octanol–water partition coefficient (Wildman–Crippen LogP) is 3.85. The molecule has 1 saturated carbocycles. The van der Waals surface area contributed by atoms with E-state index in [1.165, 1.54) is 19.3 Å². The summed E-state index contributed by atoms with van der Waals surface area (Å²) in [6, 6.07) is 9.89. The molecule has 2 N–H and O–H groups in total. The first-order valence-electron chi connectivity index (χ1n) is 12.2. The number of unbranched alkanes of at least 4 members (excludes halogenated alkanes) is 1. The van der Waals surface area contributed by atoms with Gasteiger partial charge in [0, 0.05) is 18.7 Å². The molecule has 180 valence electrons. The summed E-state index contributed by atoms with van der Waals surface area (Å²) < 4.78 is 6.17. The number of carbonyl (C=O) groups excluding carboxylic acids is 1. The number of benzene rings is 1. The number of aliphatic hydroxyl groups is 1. The number of rotatable bonds is 11. The average molecular weight is 455 g/mol. The van der Waals surface area contributed by atoms with Gasteiger partial charge < -0.3 is 20.1 Å². The van der Waals surface area contributed by atoms with Crippen LogP contribution >= 0.6 is 0 Å². The Balaban J connectivity index is 1.74. The van der Waals surface area contributed by atoms with Crippen LogP contribution in [0.1, 0.15) is 68.1 Å². The van der Waals surface area contributed by atoms with Crippen LogP contribution < -0.4 is 10.1 Å². The minimum Gasteiger partial charge on any atom is -0.490 e. The number of likely N-dealkylation sites (N-methyl/N-ethyl adjacent to an activating group) is 1. The van der Waals surface area contributed by atoms with Crippen molar-refractivity contribution in [3.63, 3.8) is 0 Å². The zero-order valence-corrected chi connectivity index (χ0v) is 20.2. The lowest BCUT2D eigenvalue weighted by Crippen LogP contribution is -2.38. The Bertz CT molecular complexity index is 880. The first-order valence-corrected chi connectivity index (χ1v) is 12.2. The molecule has 0 unspecified atom stereocenters. The summed E-state index contributed by atoms with van der Waals surface area (Å²) in [4.78, 5) is 14.5. The van der Waals surface area contributed by atoms with Crippen LogP contribution in [-0.2, 0) is 6.42 Å². The predicted molar refractivity (Wildman–Crippen MR) is 130 cm³/mol. The Morgan fingerprint density at radius 1 is 1.18 bits per heavy atom. The van der Waals surface area contributed by atoms with Crippen molar-refractivity contribution >= 4 is 5.91 Å². The number of aryl methyl sites for hydroxylation is 1. The van der Waals surface area contributed by atoms with Gasteiger partial charge in [0.15, 0.2) is 5.69 Å². The summed E-state index contributed by atoms with van der Waals surface area (Å²) >= 11 is 0. The van der Waals surface area contributed by atoms with E-state index in [9.17, 15) is 9.90 Å². The Hall–Kier alpha value is -2.51. The van der Waals surface area contributed by atoms with Crippen molar-refractivity contribution in [1.29, 1.82) is 0 Å². The van der Waals surface area contributed by atoms with Gasteiger partial charge in [0.2, 0.25) is 0 Å². The van der Waals surface area contributed by atoms with Crippen molar-refractivity contribution in [3.8, 4) is 16.9 Å². The maximum atomic E-state index is 12.7. The standard InChI is InChI=1S/C26H38N4O3/c1-4-5-11-24-23(16-25(29-28-24)26(32)27-17-20(31)18-30(2)3)19-12-14-22(15-13-19)33-21-9-7-6-8-10-21/h12-16,20-21,31H,4-11,17-18H2,1-3H3,(H,27,32)/t20-/m0/s1. The van der Waals surface area contributed by atoms with Crippen molar-refractivity contribution in [2.75, 3.05) is 27.2 Å². The molecule has 1 atom stereocenters. The van der Waals surface area contributed by atoms with Gasteiger partial charge in [-0.2, -0.15) is 5.10 Å². The van der Waals surface area contributed by atoms with Crippen LogP contribution in [0.4, 0.5) is 0 Å². The van der Waals surface area contributed by atoms with Gasteiger partial charge >= 0.3 is 0 Å². The molecule has 1 aromatic heterocycles. The van der Waals surface area contributed by atoms with E-state index < -0.39 is 6.10 Å². The highest BCUT2D eigenvalue weighted by Crippen LogP contribution is 2.28. The third kappa shape index (κ3) is 7.79. The third-order valence-electron chi connectivity index (χ3n) is 5.96. The fourth-order valence-corrected chi connectivity index (χ4v) is 4.18. The second kappa shape index (κ2) is 12.7. The molecule has 0 spiro atoms. The number of hydrogen-bond donors (Lipinski definition) is 2. The van der Waals surface area contributed by atoms with Crippen molar-refractivity contribution in [3.05, 3.63) is 41.7 Å². The summed E-state index contributed by atoms with van der Waals surface area (Å²) in [6.45, 7) is 2.78. The first kappa shape index (κ1) is 25.1. The van der Waals surface area contributed by atoms with E-state index in [2.05, 4.69) is 22.4 Å². The maximum absolute atomic E-state index is 12.7. The molecule has 1 aliphatic carbocycles. The number of hydrogen-bond acceptors (Lipinski definition) is 6. The molecule has 1 fully saturated rings. The Morgan fingerprint density at radius 3 is 2.58 bits per heavy atom. The van der Waals surface area contributed by atoms with Gasteiger partial charge in [-0.25, -0.2) is 0 Å². The molecule has 1 heterocycles. The van der Waals surface area contributed by atoms with E-state index in [0.717, 1.165) is 54.7 Å². The highest BCUT2D eigenvalue weighted by atomic mass is 16.5. The normalized spacial score (nSPS) is 15.4. The molecule has 1 aliphatic rings. The Labute approximate surface area is 197 Å². The second-order valence-corrected chi connectivity index (χ2v) is 9.22. The van der Waals surface area contributed by atoms with Gasteiger partial charge in [-0.15, -0.1) is 5.10 Å². The summed E-state index contributed by atoms with van der Waals surface area (Å²) in [5, 5.41) is 21.4. The van der Waals surface area contributed by atoms with Crippen LogP contribution in [0.2, 0.25) is 0 Å². The van der Waals surface area contributed by atoms with Crippen molar-refractivity contribution in [1.82, 2.24) is 20.4 Å². The third-order valence-corrected chi connectivity index (χ3v) is 5.96. The Kier molecular flexibility index (Phi) is 9.63. The topological polar surface area (TPSA) is 87.6 Å². The molecule has 2 aromatic rings. The summed E-state index contributed by atoms with van der Waals surface area (Å²) in [5.74, 6) is 0.552. The fraction of sp³-hybridized carbons (Fsp3) is 0.577. The number of nitrogens with one attached hydrogen (secondary N) is 1. The summed E-state index contributed by atoms with van der Waals surface area (Å²) in [7, 11) is 3.76. The summed E-state index contributed by atoms with van der Waals surface area (Å²) in [5.41, 5.74) is 3.06. The highest BCUT2D eigenvalue weighted by Gasteiger charge is 2.17. The lowest BCUT2D eigenvalue weighted by Gasteiger charge is -2.23. The number of aliphatic hydroxyl groups excluding tert-OH is 1. The van der Waals surface area contributed by atoms with Gasteiger partial charge in [-0.05, 0) is 76.4 Å². The number of amides is 1. The molecule has 0 bridgehead atoms. The van der Waals surface area contributed by atoms with E-state index in [1.807, 2.05) is 49.3 Å². The number of ether oxygens (including phenoxy) is 1. The van der Waals surface area contributed by atoms with E-state index in [4.69, 9.17) is 4.74 Å². The SMILES string of the molecule is CCCCc1nnc(C(=O)NC[C@H](O)CN(C)C)cc1-c1ccc(OC2CCCCC2)cc1. The summed E-state index contributed by atoms with van der Waals surface area (Å²) in [6.07, 6.45) is 8.57.